The molecule has 0 fully saturated rings. The fraction of sp³-hybridized carbons (Fsp3) is 0.318. The zero-order valence-corrected chi connectivity index (χ0v) is 16.4. The van der Waals surface area contributed by atoms with Crippen LogP contribution in [-0.4, -0.2) is 18.2 Å². The van der Waals surface area contributed by atoms with E-state index in [2.05, 4.69) is 23.2 Å². The van der Waals surface area contributed by atoms with Crippen molar-refractivity contribution >= 4 is 22.6 Å². The molecule has 1 aliphatic carbocycles. The van der Waals surface area contributed by atoms with Gasteiger partial charge >= 0.3 is 5.63 Å². The number of ether oxygens (including phenoxy) is 1. The number of hydrazone groups is 1. The molecule has 1 aromatic heterocycles. The van der Waals surface area contributed by atoms with Crippen molar-refractivity contribution in [3.8, 4) is 5.75 Å². The van der Waals surface area contributed by atoms with E-state index < -0.39 is 5.63 Å². The fourth-order valence-corrected chi connectivity index (χ4v) is 3.13. The first-order chi connectivity index (χ1) is 13.3. The maximum Gasteiger partial charge on any atom is 0.336 e. The van der Waals surface area contributed by atoms with Crippen LogP contribution in [0.25, 0.3) is 11.0 Å². The zero-order chi connectivity index (χ0) is 20.3. The molecule has 1 amide bonds. The number of allylic oxidation sites excluding steroid dienone is 3. The lowest BCUT2D eigenvalue weighted by atomic mass is 9.85. The number of rotatable bonds is 5. The Morgan fingerprint density at radius 1 is 1.36 bits per heavy atom. The number of nitrogens with zero attached hydrogens (tertiary/aromatic N) is 1. The first-order valence-electron chi connectivity index (χ1n) is 9.18. The van der Waals surface area contributed by atoms with Crippen molar-refractivity contribution in [3.63, 3.8) is 0 Å². The highest BCUT2D eigenvalue weighted by atomic mass is 16.5. The molecule has 0 aliphatic heterocycles. The molecule has 1 aliphatic rings. The maximum absolute atomic E-state index is 12.1. The van der Waals surface area contributed by atoms with Crippen LogP contribution in [0.15, 0.2) is 62.4 Å². The molecule has 1 heterocycles. The van der Waals surface area contributed by atoms with Crippen LogP contribution in [0.3, 0.4) is 0 Å². The van der Waals surface area contributed by atoms with E-state index in [1.54, 1.807) is 18.2 Å². The Bertz CT molecular complexity index is 1050. The third-order valence-corrected chi connectivity index (χ3v) is 4.91. The maximum atomic E-state index is 12.1. The lowest BCUT2D eigenvalue weighted by Gasteiger charge is -2.22. The molecular weight excluding hydrogens is 356 g/mol. The van der Waals surface area contributed by atoms with E-state index in [4.69, 9.17) is 9.15 Å². The number of hydrogen-bond donors (Lipinski definition) is 1. The number of carbonyl (C=O) groups excluding carboxylic acids is 1. The summed E-state index contributed by atoms with van der Waals surface area (Å²) in [5.41, 5.74) is 6.43. The topological polar surface area (TPSA) is 80.9 Å². The quantitative estimate of drug-likeness (QED) is 0.485. The van der Waals surface area contributed by atoms with Gasteiger partial charge in [-0.25, -0.2) is 10.2 Å². The van der Waals surface area contributed by atoms with Crippen molar-refractivity contribution in [2.75, 3.05) is 6.61 Å². The highest BCUT2D eigenvalue weighted by Gasteiger charge is 2.18. The van der Waals surface area contributed by atoms with Gasteiger partial charge in [0.15, 0.2) is 6.61 Å². The van der Waals surface area contributed by atoms with E-state index in [1.165, 1.54) is 6.07 Å². The first-order valence-corrected chi connectivity index (χ1v) is 9.18. The van der Waals surface area contributed by atoms with Crippen molar-refractivity contribution < 1.29 is 13.9 Å². The minimum absolute atomic E-state index is 0.189. The monoisotopic (exact) mass is 380 g/mol. The molecule has 0 radical (unpaired) electrons. The Hall–Kier alpha value is -3.15. The van der Waals surface area contributed by atoms with Gasteiger partial charge in [0.05, 0.1) is 5.71 Å². The number of hydrogen-bond acceptors (Lipinski definition) is 5. The molecule has 3 rings (SSSR count). The Morgan fingerprint density at radius 3 is 2.89 bits per heavy atom. The molecule has 0 saturated carbocycles. The van der Waals surface area contributed by atoms with E-state index in [-0.39, 0.29) is 12.5 Å². The Labute approximate surface area is 163 Å². The summed E-state index contributed by atoms with van der Waals surface area (Å²) in [4.78, 5) is 23.6. The minimum Gasteiger partial charge on any atom is -0.484 e. The van der Waals surface area contributed by atoms with Crippen LogP contribution in [0.5, 0.6) is 5.75 Å². The van der Waals surface area contributed by atoms with E-state index >= 15 is 0 Å². The predicted molar refractivity (Wildman–Crippen MR) is 110 cm³/mol. The second-order valence-corrected chi connectivity index (χ2v) is 7.16. The van der Waals surface area contributed by atoms with Gasteiger partial charge in [0.1, 0.15) is 11.3 Å². The second kappa shape index (κ2) is 8.25. The number of carbonyl (C=O) groups is 1. The molecule has 0 spiro atoms. The summed E-state index contributed by atoms with van der Waals surface area (Å²) in [5, 5.41) is 5.08. The average Bonchev–Trinajstić information content (AvgIpc) is 2.65. The fourth-order valence-electron chi connectivity index (χ4n) is 3.13. The van der Waals surface area contributed by atoms with Crippen LogP contribution in [0, 0.1) is 12.8 Å². The van der Waals surface area contributed by atoms with Crippen molar-refractivity contribution in [1.29, 1.82) is 0 Å². The SMILES string of the molecule is C=C(C)[C@H]1CC=C(C)C(=NNC(=O)COc2ccc3c(C)cc(=O)oc3c2)C1. The lowest BCUT2D eigenvalue weighted by Crippen LogP contribution is -2.27. The summed E-state index contributed by atoms with van der Waals surface area (Å²) in [6.45, 7) is 9.66. The van der Waals surface area contributed by atoms with Crippen LogP contribution in [0.2, 0.25) is 0 Å². The van der Waals surface area contributed by atoms with E-state index in [0.29, 0.717) is 17.3 Å². The molecule has 1 aromatic carbocycles. The molecular formula is C22H24N2O4. The largest absolute Gasteiger partial charge is 0.484 e. The van der Waals surface area contributed by atoms with Crippen molar-refractivity contribution in [1.82, 2.24) is 5.43 Å². The Morgan fingerprint density at radius 2 is 2.14 bits per heavy atom. The van der Waals surface area contributed by atoms with E-state index in [1.807, 2.05) is 20.8 Å². The van der Waals surface area contributed by atoms with Gasteiger partial charge in [0, 0.05) is 17.5 Å². The molecule has 6 nitrogen and oxygen atoms in total. The summed E-state index contributed by atoms with van der Waals surface area (Å²) in [5.74, 6) is 0.440. The van der Waals surface area contributed by atoms with Crippen LogP contribution in [0.1, 0.15) is 32.3 Å². The third kappa shape index (κ3) is 4.57. The summed E-state index contributed by atoms with van der Waals surface area (Å²) >= 11 is 0. The minimum atomic E-state index is -0.417. The molecule has 146 valence electrons. The molecule has 0 unspecified atom stereocenters. The number of fused-ring (bicyclic) bond motifs is 1. The van der Waals surface area contributed by atoms with Crippen molar-refractivity contribution in [2.45, 2.75) is 33.6 Å². The lowest BCUT2D eigenvalue weighted by molar-refractivity contribution is -0.123. The van der Waals surface area contributed by atoms with Gasteiger partial charge in [-0.05, 0) is 62.8 Å². The molecule has 1 atom stereocenters. The van der Waals surface area contributed by atoms with Gasteiger partial charge in [-0.1, -0.05) is 18.2 Å². The summed E-state index contributed by atoms with van der Waals surface area (Å²) in [6, 6.07) is 6.58. The smallest absolute Gasteiger partial charge is 0.336 e. The number of aryl methyl sites for hydroxylation is 1. The van der Waals surface area contributed by atoms with Gasteiger partial charge in [0.2, 0.25) is 0 Å². The van der Waals surface area contributed by atoms with Gasteiger partial charge in [-0.15, -0.1) is 0 Å². The standard InChI is InChI=1S/C22H24N2O4/c1-13(2)16-6-5-14(3)19(10-16)23-24-21(25)12-27-17-7-8-18-15(4)9-22(26)28-20(18)11-17/h5,7-9,11,16H,1,6,10,12H2,2-4H3,(H,24,25)/t16-/m0/s1. The Balaban J connectivity index is 1.62. The number of nitrogens with one attached hydrogen (secondary N) is 1. The molecule has 1 N–H and O–H groups in total. The summed E-state index contributed by atoms with van der Waals surface area (Å²) < 4.78 is 10.7. The van der Waals surface area contributed by atoms with E-state index in [0.717, 1.165) is 40.6 Å². The van der Waals surface area contributed by atoms with E-state index in [9.17, 15) is 9.59 Å². The highest BCUT2D eigenvalue weighted by Crippen LogP contribution is 2.26. The first kappa shape index (κ1) is 19.6. The predicted octanol–water partition coefficient (Wildman–Crippen LogP) is 3.88. The van der Waals surface area contributed by atoms with Gasteiger partial charge < -0.3 is 9.15 Å². The van der Waals surface area contributed by atoms with Crippen LogP contribution in [-0.2, 0) is 4.79 Å². The Kier molecular flexibility index (Phi) is 5.78. The molecule has 6 heteroatoms. The second-order valence-electron chi connectivity index (χ2n) is 7.16. The van der Waals surface area contributed by atoms with Crippen LogP contribution >= 0.6 is 0 Å². The summed E-state index contributed by atoms with van der Waals surface area (Å²) in [6.07, 6.45) is 3.84. The molecule has 0 saturated heterocycles. The van der Waals surface area contributed by atoms with Crippen LogP contribution in [0.4, 0.5) is 0 Å². The molecule has 2 aromatic rings. The van der Waals surface area contributed by atoms with Gasteiger partial charge in [-0.2, -0.15) is 5.10 Å². The zero-order valence-electron chi connectivity index (χ0n) is 16.4. The molecule has 28 heavy (non-hydrogen) atoms. The van der Waals surface area contributed by atoms with Gasteiger partial charge in [-0.3, -0.25) is 4.79 Å². The van der Waals surface area contributed by atoms with Crippen LogP contribution < -0.4 is 15.8 Å². The molecule has 0 bridgehead atoms. The van der Waals surface area contributed by atoms with Crippen molar-refractivity contribution in [2.24, 2.45) is 11.0 Å². The average molecular weight is 380 g/mol. The normalized spacial score (nSPS) is 18.0. The van der Waals surface area contributed by atoms with Crippen molar-refractivity contribution in [3.05, 3.63) is 64.1 Å². The number of benzene rings is 1. The summed E-state index contributed by atoms with van der Waals surface area (Å²) in [7, 11) is 0. The third-order valence-electron chi connectivity index (χ3n) is 4.91. The van der Waals surface area contributed by atoms with Gasteiger partial charge in [0.25, 0.3) is 5.91 Å². The number of amides is 1. The highest BCUT2D eigenvalue weighted by molar-refractivity contribution is 6.01.